The van der Waals surface area contributed by atoms with Gasteiger partial charge in [0.05, 0.1) is 12.7 Å². The summed E-state index contributed by atoms with van der Waals surface area (Å²) in [5.74, 6) is -0.0530. The van der Waals surface area contributed by atoms with Gasteiger partial charge < -0.3 is 19.6 Å². The number of ether oxygens (including phenoxy) is 2. The molecule has 3 aromatic rings. The lowest BCUT2D eigenvalue weighted by atomic mass is 10.1. The summed E-state index contributed by atoms with van der Waals surface area (Å²) in [6.07, 6.45) is 0. The molecule has 0 bridgehead atoms. The molecule has 0 aliphatic carbocycles. The standard InChI is InChI=1S/C18H14ClNO5/c1-23-12-3-5-13-10(6-17(21)25-16(13)8-12)9-24-18(22)14-4-2-11(19)7-15(14)20/h2-8H,9,20H2,1H3. The van der Waals surface area contributed by atoms with Crippen molar-refractivity contribution in [2.24, 2.45) is 0 Å². The molecule has 0 fully saturated rings. The first kappa shape index (κ1) is 16.9. The number of carbonyl (C=O) groups is 1. The summed E-state index contributed by atoms with van der Waals surface area (Å²) in [5.41, 5.74) is 6.53. The van der Waals surface area contributed by atoms with Crippen molar-refractivity contribution < 1.29 is 18.7 Å². The molecule has 1 aromatic heterocycles. The van der Waals surface area contributed by atoms with Gasteiger partial charge in [-0.15, -0.1) is 0 Å². The Labute approximate surface area is 147 Å². The molecule has 25 heavy (non-hydrogen) atoms. The summed E-state index contributed by atoms with van der Waals surface area (Å²) in [7, 11) is 1.52. The van der Waals surface area contributed by atoms with Crippen molar-refractivity contribution in [3.8, 4) is 5.75 Å². The number of methoxy groups -OCH3 is 1. The van der Waals surface area contributed by atoms with Crippen molar-refractivity contribution in [2.45, 2.75) is 6.61 Å². The van der Waals surface area contributed by atoms with Crippen LogP contribution in [0.5, 0.6) is 5.75 Å². The molecule has 0 unspecified atom stereocenters. The molecule has 0 atom stereocenters. The van der Waals surface area contributed by atoms with E-state index in [1.807, 2.05) is 0 Å². The zero-order valence-electron chi connectivity index (χ0n) is 13.2. The SMILES string of the molecule is COc1ccc2c(COC(=O)c3ccc(Cl)cc3N)cc(=O)oc2c1. The van der Waals surface area contributed by atoms with Gasteiger partial charge in [-0.25, -0.2) is 9.59 Å². The Morgan fingerprint density at radius 1 is 1.20 bits per heavy atom. The second-order valence-electron chi connectivity index (χ2n) is 5.26. The molecule has 1 heterocycles. The van der Waals surface area contributed by atoms with Crippen molar-refractivity contribution in [1.29, 1.82) is 0 Å². The number of benzene rings is 2. The monoisotopic (exact) mass is 359 g/mol. The quantitative estimate of drug-likeness (QED) is 0.436. The molecular formula is C18H14ClNO5. The lowest BCUT2D eigenvalue weighted by Crippen LogP contribution is -2.10. The Hall–Kier alpha value is -2.99. The molecule has 0 radical (unpaired) electrons. The molecule has 0 saturated carbocycles. The average molecular weight is 360 g/mol. The molecule has 0 saturated heterocycles. The summed E-state index contributed by atoms with van der Waals surface area (Å²) in [4.78, 5) is 23.9. The number of nitrogens with two attached hydrogens (primary N) is 1. The van der Waals surface area contributed by atoms with Gasteiger partial charge in [0.2, 0.25) is 0 Å². The average Bonchev–Trinajstić information content (AvgIpc) is 2.58. The third-order valence-electron chi connectivity index (χ3n) is 3.63. The van der Waals surface area contributed by atoms with Gasteiger partial charge in [0, 0.05) is 33.8 Å². The highest BCUT2D eigenvalue weighted by atomic mass is 35.5. The fourth-order valence-electron chi connectivity index (χ4n) is 2.40. The summed E-state index contributed by atoms with van der Waals surface area (Å²) < 4.78 is 15.5. The molecule has 0 aliphatic rings. The fraction of sp³-hybridized carbons (Fsp3) is 0.111. The second-order valence-corrected chi connectivity index (χ2v) is 5.70. The third kappa shape index (κ3) is 3.59. The van der Waals surface area contributed by atoms with Crippen LogP contribution in [0, 0.1) is 0 Å². The van der Waals surface area contributed by atoms with Crippen LogP contribution in [-0.4, -0.2) is 13.1 Å². The Morgan fingerprint density at radius 3 is 2.72 bits per heavy atom. The largest absolute Gasteiger partial charge is 0.497 e. The van der Waals surface area contributed by atoms with Crippen LogP contribution < -0.4 is 16.1 Å². The maximum absolute atomic E-state index is 12.2. The smallest absolute Gasteiger partial charge is 0.340 e. The van der Waals surface area contributed by atoms with E-state index < -0.39 is 11.6 Å². The van der Waals surface area contributed by atoms with Crippen LogP contribution in [0.15, 0.2) is 51.7 Å². The van der Waals surface area contributed by atoms with E-state index in [2.05, 4.69) is 0 Å². The molecule has 2 aromatic carbocycles. The molecule has 0 amide bonds. The first-order valence-corrected chi connectivity index (χ1v) is 7.68. The normalized spacial score (nSPS) is 10.6. The van der Waals surface area contributed by atoms with Gasteiger partial charge in [-0.1, -0.05) is 11.6 Å². The highest BCUT2D eigenvalue weighted by Crippen LogP contribution is 2.24. The molecule has 7 heteroatoms. The highest BCUT2D eigenvalue weighted by Gasteiger charge is 2.14. The number of hydrogen-bond acceptors (Lipinski definition) is 6. The Balaban J connectivity index is 1.88. The minimum atomic E-state index is -0.607. The van der Waals surface area contributed by atoms with Crippen LogP contribution in [0.4, 0.5) is 5.69 Å². The van der Waals surface area contributed by atoms with E-state index in [9.17, 15) is 9.59 Å². The van der Waals surface area contributed by atoms with Crippen LogP contribution in [-0.2, 0) is 11.3 Å². The van der Waals surface area contributed by atoms with Gasteiger partial charge in [0.1, 0.15) is 17.9 Å². The van der Waals surface area contributed by atoms with E-state index in [-0.39, 0.29) is 17.9 Å². The topological polar surface area (TPSA) is 91.8 Å². The molecule has 6 nitrogen and oxygen atoms in total. The maximum atomic E-state index is 12.2. The summed E-state index contributed by atoms with van der Waals surface area (Å²) >= 11 is 5.81. The number of nitrogen functional groups attached to an aromatic ring is 1. The molecule has 2 N–H and O–H groups in total. The molecule has 0 aliphatic heterocycles. The van der Waals surface area contributed by atoms with Gasteiger partial charge in [-0.2, -0.15) is 0 Å². The zero-order valence-corrected chi connectivity index (χ0v) is 14.0. The molecular weight excluding hydrogens is 346 g/mol. The van der Waals surface area contributed by atoms with E-state index in [0.717, 1.165) is 0 Å². The lowest BCUT2D eigenvalue weighted by molar-refractivity contribution is 0.0475. The lowest BCUT2D eigenvalue weighted by Gasteiger charge is -2.09. The van der Waals surface area contributed by atoms with Crippen LogP contribution in [0.1, 0.15) is 15.9 Å². The Kier molecular flexibility index (Phi) is 4.63. The Morgan fingerprint density at radius 2 is 2.00 bits per heavy atom. The predicted octanol–water partition coefficient (Wildman–Crippen LogP) is 3.39. The van der Waals surface area contributed by atoms with Crippen molar-refractivity contribution in [2.75, 3.05) is 12.8 Å². The van der Waals surface area contributed by atoms with Gasteiger partial charge in [-0.3, -0.25) is 0 Å². The van der Waals surface area contributed by atoms with Gasteiger partial charge in [0.15, 0.2) is 0 Å². The van der Waals surface area contributed by atoms with E-state index in [1.165, 1.54) is 25.3 Å². The van der Waals surface area contributed by atoms with Gasteiger partial charge in [-0.05, 0) is 30.3 Å². The van der Waals surface area contributed by atoms with E-state index in [1.54, 1.807) is 24.3 Å². The maximum Gasteiger partial charge on any atom is 0.340 e. The number of fused-ring (bicyclic) bond motifs is 1. The third-order valence-corrected chi connectivity index (χ3v) is 3.86. The molecule has 0 spiro atoms. The first-order valence-electron chi connectivity index (χ1n) is 7.31. The second kappa shape index (κ2) is 6.86. The number of hydrogen-bond donors (Lipinski definition) is 1. The number of halogens is 1. The summed E-state index contributed by atoms with van der Waals surface area (Å²) in [5, 5.41) is 1.08. The van der Waals surface area contributed by atoms with E-state index in [0.29, 0.717) is 27.3 Å². The minimum Gasteiger partial charge on any atom is -0.497 e. The van der Waals surface area contributed by atoms with E-state index in [4.69, 9.17) is 31.2 Å². The van der Waals surface area contributed by atoms with Crippen molar-refractivity contribution >= 4 is 34.2 Å². The number of esters is 1. The van der Waals surface area contributed by atoms with Crippen molar-refractivity contribution in [3.63, 3.8) is 0 Å². The van der Waals surface area contributed by atoms with Crippen LogP contribution in [0.3, 0.4) is 0 Å². The number of anilines is 1. The van der Waals surface area contributed by atoms with E-state index >= 15 is 0 Å². The van der Waals surface area contributed by atoms with Crippen LogP contribution in [0.25, 0.3) is 11.0 Å². The number of rotatable bonds is 4. The summed E-state index contributed by atoms with van der Waals surface area (Å²) in [6.45, 7) is -0.102. The van der Waals surface area contributed by atoms with Crippen LogP contribution in [0.2, 0.25) is 5.02 Å². The van der Waals surface area contributed by atoms with Gasteiger partial charge in [0.25, 0.3) is 0 Å². The van der Waals surface area contributed by atoms with Gasteiger partial charge >= 0.3 is 11.6 Å². The summed E-state index contributed by atoms with van der Waals surface area (Å²) in [6, 6.07) is 10.8. The van der Waals surface area contributed by atoms with Crippen LogP contribution >= 0.6 is 11.6 Å². The van der Waals surface area contributed by atoms with Crippen molar-refractivity contribution in [3.05, 3.63) is 69.0 Å². The molecule has 128 valence electrons. The zero-order chi connectivity index (χ0) is 18.0. The molecule has 3 rings (SSSR count). The first-order chi connectivity index (χ1) is 12.0. The predicted molar refractivity (Wildman–Crippen MR) is 94.0 cm³/mol. The van der Waals surface area contributed by atoms with Crippen molar-refractivity contribution in [1.82, 2.24) is 0 Å². The Bertz CT molecular complexity index is 1010. The fourth-order valence-corrected chi connectivity index (χ4v) is 2.58. The number of carbonyl (C=O) groups excluding carboxylic acids is 1. The minimum absolute atomic E-state index is 0.102. The highest BCUT2D eigenvalue weighted by molar-refractivity contribution is 6.31.